The molecule has 0 aromatic carbocycles. The fraction of sp³-hybridized carbons (Fsp3) is 0.556. The highest BCUT2D eigenvalue weighted by Gasteiger charge is 2.08. The molecule has 0 aliphatic rings. The zero-order valence-electron chi connectivity index (χ0n) is 15.1. The van der Waals surface area contributed by atoms with E-state index < -0.39 is 0 Å². The van der Waals surface area contributed by atoms with E-state index in [1.165, 1.54) is 9.88 Å². The summed E-state index contributed by atoms with van der Waals surface area (Å²) < 4.78 is 0. The first kappa shape index (κ1) is 18.9. The van der Waals surface area contributed by atoms with Gasteiger partial charge in [0, 0.05) is 49.3 Å². The average Bonchev–Trinajstić information content (AvgIpc) is 3.23. The zero-order valence-corrected chi connectivity index (χ0v) is 16.7. The van der Waals surface area contributed by atoms with Crippen molar-refractivity contribution in [2.75, 3.05) is 26.7 Å². The van der Waals surface area contributed by atoms with Crippen LogP contribution in [-0.2, 0) is 12.8 Å². The number of nitrogens with zero attached hydrogens (tertiary/aromatic N) is 3. The summed E-state index contributed by atoms with van der Waals surface area (Å²) in [5.74, 6) is 1.49. The van der Waals surface area contributed by atoms with Crippen molar-refractivity contribution < 1.29 is 0 Å². The molecule has 0 saturated heterocycles. The predicted octanol–water partition coefficient (Wildman–Crippen LogP) is 4.01. The molecule has 0 saturated carbocycles. The minimum absolute atomic E-state index is 0.507. The molecule has 0 radical (unpaired) electrons. The maximum atomic E-state index is 4.76. The average molecular weight is 365 g/mol. The Morgan fingerprint density at radius 1 is 1.33 bits per heavy atom. The van der Waals surface area contributed by atoms with Crippen molar-refractivity contribution in [3.8, 4) is 0 Å². The Morgan fingerprint density at radius 2 is 2.17 bits per heavy atom. The van der Waals surface area contributed by atoms with Gasteiger partial charge in [-0.25, -0.2) is 4.98 Å². The van der Waals surface area contributed by atoms with Crippen LogP contribution in [0.3, 0.4) is 0 Å². The SMILES string of the molecule is CCNC(=NCCc1csc(C(C)C)n1)N(C)CCc1cccs1. The molecule has 2 heterocycles. The normalized spacial score (nSPS) is 12.0. The largest absolute Gasteiger partial charge is 0.357 e. The topological polar surface area (TPSA) is 40.5 Å². The van der Waals surface area contributed by atoms with Gasteiger partial charge in [0.25, 0.3) is 0 Å². The molecular weight excluding hydrogens is 336 g/mol. The molecule has 0 bridgehead atoms. The van der Waals surface area contributed by atoms with Gasteiger partial charge >= 0.3 is 0 Å². The molecule has 6 heteroatoms. The fourth-order valence-corrected chi connectivity index (χ4v) is 3.85. The van der Waals surface area contributed by atoms with E-state index in [1.807, 2.05) is 11.3 Å². The minimum atomic E-state index is 0.507. The molecule has 0 spiro atoms. The lowest BCUT2D eigenvalue weighted by Crippen LogP contribution is -2.40. The van der Waals surface area contributed by atoms with E-state index in [2.05, 4.69) is 65.9 Å². The Bertz CT molecular complexity index is 617. The highest BCUT2D eigenvalue weighted by atomic mass is 32.1. The van der Waals surface area contributed by atoms with E-state index in [1.54, 1.807) is 11.3 Å². The van der Waals surface area contributed by atoms with E-state index in [0.717, 1.165) is 44.1 Å². The third kappa shape index (κ3) is 5.91. The molecule has 0 aliphatic carbocycles. The van der Waals surface area contributed by atoms with Crippen molar-refractivity contribution in [2.24, 2.45) is 4.99 Å². The monoisotopic (exact) mass is 364 g/mol. The Hall–Kier alpha value is -1.40. The molecule has 132 valence electrons. The Balaban J connectivity index is 1.86. The predicted molar refractivity (Wildman–Crippen MR) is 107 cm³/mol. The van der Waals surface area contributed by atoms with Gasteiger partial charge < -0.3 is 10.2 Å². The van der Waals surface area contributed by atoms with Crippen LogP contribution in [0.2, 0.25) is 0 Å². The van der Waals surface area contributed by atoms with Crippen LogP contribution in [0.15, 0.2) is 27.9 Å². The molecule has 2 aromatic rings. The van der Waals surface area contributed by atoms with Crippen LogP contribution in [0.5, 0.6) is 0 Å². The van der Waals surface area contributed by atoms with Crippen LogP contribution >= 0.6 is 22.7 Å². The van der Waals surface area contributed by atoms with Gasteiger partial charge in [0.05, 0.1) is 10.7 Å². The standard InChI is InChI=1S/C18H28N4S2/c1-5-19-18(22(4)11-9-16-7-6-12-23-16)20-10-8-15-13-24-17(21-15)14(2)3/h6-7,12-14H,5,8-11H2,1-4H3,(H,19,20). The minimum Gasteiger partial charge on any atom is -0.357 e. The summed E-state index contributed by atoms with van der Waals surface area (Å²) in [5.41, 5.74) is 1.16. The molecule has 1 N–H and O–H groups in total. The number of likely N-dealkylation sites (N-methyl/N-ethyl adjacent to an activating group) is 1. The van der Waals surface area contributed by atoms with E-state index >= 15 is 0 Å². The summed E-state index contributed by atoms with van der Waals surface area (Å²) in [7, 11) is 2.11. The quantitative estimate of drug-likeness (QED) is 0.568. The van der Waals surface area contributed by atoms with E-state index in [9.17, 15) is 0 Å². The molecule has 4 nitrogen and oxygen atoms in total. The van der Waals surface area contributed by atoms with Gasteiger partial charge in [-0.05, 0) is 24.8 Å². The summed E-state index contributed by atoms with van der Waals surface area (Å²) in [6.45, 7) is 9.11. The van der Waals surface area contributed by atoms with Gasteiger partial charge in [-0.2, -0.15) is 0 Å². The molecule has 0 amide bonds. The van der Waals surface area contributed by atoms with Crippen LogP contribution in [-0.4, -0.2) is 42.5 Å². The summed E-state index contributed by atoms with van der Waals surface area (Å²) in [4.78, 5) is 13.1. The van der Waals surface area contributed by atoms with Crippen molar-refractivity contribution in [2.45, 2.75) is 39.5 Å². The number of thiazole rings is 1. The van der Waals surface area contributed by atoms with E-state index in [4.69, 9.17) is 4.99 Å². The second kappa shape index (κ2) is 9.79. The van der Waals surface area contributed by atoms with Gasteiger partial charge in [0.1, 0.15) is 0 Å². The van der Waals surface area contributed by atoms with Gasteiger partial charge in [-0.3, -0.25) is 4.99 Å². The summed E-state index contributed by atoms with van der Waals surface area (Å²) in [6, 6.07) is 4.30. The Labute approximate surface area is 153 Å². The molecular formula is C18H28N4S2. The highest BCUT2D eigenvalue weighted by Crippen LogP contribution is 2.19. The maximum Gasteiger partial charge on any atom is 0.193 e. The maximum absolute atomic E-state index is 4.76. The number of hydrogen-bond acceptors (Lipinski definition) is 4. The lowest BCUT2D eigenvalue weighted by Gasteiger charge is -2.21. The zero-order chi connectivity index (χ0) is 17.4. The van der Waals surface area contributed by atoms with Crippen molar-refractivity contribution in [1.29, 1.82) is 0 Å². The van der Waals surface area contributed by atoms with Crippen LogP contribution in [0.25, 0.3) is 0 Å². The van der Waals surface area contributed by atoms with Gasteiger partial charge in [-0.15, -0.1) is 22.7 Å². The molecule has 0 unspecified atom stereocenters. The number of guanidine groups is 1. The van der Waals surface area contributed by atoms with Gasteiger partial charge in [0.15, 0.2) is 5.96 Å². The smallest absolute Gasteiger partial charge is 0.193 e. The first-order chi connectivity index (χ1) is 11.6. The summed E-state index contributed by atoms with van der Waals surface area (Å²) in [5, 5.41) is 8.90. The number of aliphatic imine (C=N–C) groups is 1. The first-order valence-electron chi connectivity index (χ1n) is 8.56. The number of rotatable bonds is 8. The van der Waals surface area contributed by atoms with Crippen molar-refractivity contribution in [3.63, 3.8) is 0 Å². The van der Waals surface area contributed by atoms with Crippen molar-refractivity contribution in [1.82, 2.24) is 15.2 Å². The van der Waals surface area contributed by atoms with E-state index in [0.29, 0.717) is 5.92 Å². The van der Waals surface area contributed by atoms with Crippen molar-refractivity contribution >= 4 is 28.6 Å². The molecule has 2 aromatic heterocycles. The Kier molecular flexibility index (Phi) is 7.72. The van der Waals surface area contributed by atoms with E-state index in [-0.39, 0.29) is 0 Å². The highest BCUT2D eigenvalue weighted by molar-refractivity contribution is 7.10. The molecule has 2 rings (SSSR count). The lowest BCUT2D eigenvalue weighted by atomic mass is 10.2. The van der Waals surface area contributed by atoms with Crippen molar-refractivity contribution in [3.05, 3.63) is 38.5 Å². The second-order valence-corrected chi connectivity index (χ2v) is 7.99. The number of aromatic nitrogens is 1. The third-order valence-electron chi connectivity index (χ3n) is 3.66. The summed E-state index contributed by atoms with van der Waals surface area (Å²) >= 11 is 3.57. The molecule has 0 fully saturated rings. The van der Waals surface area contributed by atoms with Crippen LogP contribution in [0.1, 0.15) is 42.3 Å². The van der Waals surface area contributed by atoms with Crippen LogP contribution in [0, 0.1) is 0 Å². The number of thiophene rings is 1. The molecule has 24 heavy (non-hydrogen) atoms. The third-order valence-corrected chi connectivity index (χ3v) is 5.79. The van der Waals surface area contributed by atoms with Gasteiger partial charge in [-0.1, -0.05) is 19.9 Å². The lowest BCUT2D eigenvalue weighted by molar-refractivity contribution is 0.487. The fourth-order valence-electron chi connectivity index (χ4n) is 2.29. The Morgan fingerprint density at radius 3 is 2.79 bits per heavy atom. The number of hydrogen-bond donors (Lipinski definition) is 1. The summed E-state index contributed by atoms with van der Waals surface area (Å²) in [6.07, 6.45) is 1.96. The first-order valence-corrected chi connectivity index (χ1v) is 10.3. The van der Waals surface area contributed by atoms with Crippen LogP contribution in [0.4, 0.5) is 0 Å². The molecule has 0 aliphatic heterocycles. The van der Waals surface area contributed by atoms with Crippen LogP contribution < -0.4 is 5.32 Å². The number of nitrogens with one attached hydrogen (secondary N) is 1. The van der Waals surface area contributed by atoms with Gasteiger partial charge in [0.2, 0.25) is 0 Å². The molecule has 0 atom stereocenters. The second-order valence-electron chi connectivity index (χ2n) is 6.07.